The number of aryl methyl sites for hydroxylation is 3. The van der Waals surface area contributed by atoms with E-state index in [9.17, 15) is 14.7 Å². The molecule has 0 aliphatic heterocycles. The van der Waals surface area contributed by atoms with E-state index in [2.05, 4.69) is 32.0 Å². The van der Waals surface area contributed by atoms with Gasteiger partial charge in [-0.25, -0.2) is 9.59 Å². The Balaban J connectivity index is 1.87. The monoisotopic (exact) mass is 470 g/mol. The van der Waals surface area contributed by atoms with E-state index >= 15 is 0 Å². The van der Waals surface area contributed by atoms with Crippen molar-refractivity contribution in [1.29, 1.82) is 0 Å². The maximum Gasteiger partial charge on any atom is 0.338 e. The van der Waals surface area contributed by atoms with Crippen LogP contribution < -0.4 is 0 Å². The predicted octanol–water partition coefficient (Wildman–Crippen LogP) is 4.85. The molecule has 0 spiro atoms. The Morgan fingerprint density at radius 3 is 2.24 bits per heavy atom. The van der Waals surface area contributed by atoms with E-state index in [1.54, 1.807) is 20.8 Å². The molecule has 6 heteroatoms. The number of carbonyl (C=O) groups is 2. The van der Waals surface area contributed by atoms with Crippen LogP contribution in [0, 0.1) is 13.8 Å². The molecule has 0 saturated heterocycles. The van der Waals surface area contributed by atoms with Crippen molar-refractivity contribution >= 4 is 11.9 Å². The van der Waals surface area contributed by atoms with E-state index in [-0.39, 0.29) is 13.2 Å². The standard InChI is InChI=1S/C28H38O6/c1-20-15-16-22(18-21(20)2)12-10-7-11-17-32-25(24(29)26(30)34-28(3,4)5)27(31)33-19-23-13-8-6-9-14-23/h6,8-9,13-16,18,24-25,29H,7,10-12,17,19H2,1-5H3/t24-,25-/m1/s1. The van der Waals surface area contributed by atoms with Gasteiger partial charge in [0.1, 0.15) is 12.2 Å². The first kappa shape index (κ1) is 27.5. The second-order valence-electron chi connectivity index (χ2n) is 9.59. The zero-order valence-electron chi connectivity index (χ0n) is 21.0. The Hall–Kier alpha value is -2.70. The minimum absolute atomic E-state index is 0.0243. The molecule has 1 N–H and O–H groups in total. The highest BCUT2D eigenvalue weighted by Crippen LogP contribution is 2.15. The van der Waals surface area contributed by atoms with E-state index in [0.29, 0.717) is 6.42 Å². The van der Waals surface area contributed by atoms with Crippen molar-refractivity contribution in [2.75, 3.05) is 6.61 Å². The topological polar surface area (TPSA) is 82.1 Å². The normalized spacial score (nSPS) is 13.2. The van der Waals surface area contributed by atoms with Crippen LogP contribution in [0.1, 0.15) is 62.3 Å². The van der Waals surface area contributed by atoms with Crippen LogP contribution in [0.25, 0.3) is 0 Å². The van der Waals surface area contributed by atoms with Crippen molar-refractivity contribution in [2.24, 2.45) is 0 Å². The average Bonchev–Trinajstić information content (AvgIpc) is 2.78. The molecule has 34 heavy (non-hydrogen) atoms. The number of ether oxygens (including phenoxy) is 3. The van der Waals surface area contributed by atoms with Gasteiger partial charge in [0, 0.05) is 6.61 Å². The first-order valence-corrected chi connectivity index (χ1v) is 11.9. The highest BCUT2D eigenvalue weighted by Gasteiger charge is 2.37. The summed E-state index contributed by atoms with van der Waals surface area (Å²) in [4.78, 5) is 25.0. The van der Waals surface area contributed by atoms with Crippen LogP contribution in [0.2, 0.25) is 0 Å². The van der Waals surface area contributed by atoms with Crippen molar-refractivity contribution in [1.82, 2.24) is 0 Å². The number of hydrogen-bond acceptors (Lipinski definition) is 6. The highest BCUT2D eigenvalue weighted by atomic mass is 16.6. The highest BCUT2D eigenvalue weighted by molar-refractivity contribution is 5.85. The van der Waals surface area contributed by atoms with Gasteiger partial charge in [-0.2, -0.15) is 0 Å². The Labute approximate surface area is 203 Å². The summed E-state index contributed by atoms with van der Waals surface area (Å²) in [5.41, 5.74) is 3.87. The van der Waals surface area contributed by atoms with Crippen LogP contribution >= 0.6 is 0 Å². The molecular formula is C28H38O6. The van der Waals surface area contributed by atoms with Crippen LogP contribution in [-0.2, 0) is 36.8 Å². The quantitative estimate of drug-likeness (QED) is 0.353. The van der Waals surface area contributed by atoms with E-state index in [1.807, 2.05) is 30.3 Å². The number of rotatable bonds is 12. The molecule has 0 heterocycles. The van der Waals surface area contributed by atoms with Crippen LogP contribution in [0.15, 0.2) is 48.5 Å². The third-order valence-corrected chi connectivity index (χ3v) is 5.37. The number of hydrogen-bond donors (Lipinski definition) is 1. The summed E-state index contributed by atoms with van der Waals surface area (Å²) < 4.78 is 16.2. The number of unbranched alkanes of at least 4 members (excludes halogenated alkanes) is 2. The van der Waals surface area contributed by atoms with E-state index in [4.69, 9.17) is 14.2 Å². The van der Waals surface area contributed by atoms with Crippen molar-refractivity contribution in [3.8, 4) is 0 Å². The fourth-order valence-corrected chi connectivity index (χ4v) is 3.36. The number of aliphatic hydroxyl groups excluding tert-OH is 1. The van der Waals surface area contributed by atoms with Gasteiger partial charge < -0.3 is 19.3 Å². The van der Waals surface area contributed by atoms with E-state index < -0.39 is 29.7 Å². The third kappa shape index (κ3) is 9.65. The predicted molar refractivity (Wildman–Crippen MR) is 131 cm³/mol. The third-order valence-electron chi connectivity index (χ3n) is 5.37. The molecule has 2 rings (SSSR count). The fourth-order valence-electron chi connectivity index (χ4n) is 3.36. The molecule has 6 nitrogen and oxygen atoms in total. The van der Waals surface area contributed by atoms with Crippen LogP contribution in [-0.4, -0.2) is 41.5 Å². The van der Waals surface area contributed by atoms with Gasteiger partial charge in [0.25, 0.3) is 0 Å². The molecule has 0 aliphatic carbocycles. The molecule has 0 radical (unpaired) electrons. The SMILES string of the molecule is Cc1ccc(CCCCCO[C@@H](C(=O)OCc2ccccc2)[C@@H](O)C(=O)OC(C)(C)C)cc1C. The molecule has 0 aromatic heterocycles. The molecule has 0 saturated carbocycles. The van der Waals surface area contributed by atoms with Gasteiger partial charge in [-0.3, -0.25) is 0 Å². The molecule has 0 bridgehead atoms. The Kier molecular flexibility index (Phi) is 10.7. The second-order valence-corrected chi connectivity index (χ2v) is 9.59. The summed E-state index contributed by atoms with van der Waals surface area (Å²) in [5.74, 6) is -1.71. The zero-order valence-corrected chi connectivity index (χ0v) is 21.0. The minimum Gasteiger partial charge on any atom is -0.459 e. The summed E-state index contributed by atoms with van der Waals surface area (Å²) in [6, 6.07) is 15.7. The Morgan fingerprint density at radius 1 is 0.882 bits per heavy atom. The number of carbonyl (C=O) groups excluding carboxylic acids is 2. The fraction of sp³-hybridized carbons (Fsp3) is 0.500. The van der Waals surface area contributed by atoms with Crippen molar-refractivity contribution in [3.05, 3.63) is 70.8 Å². The van der Waals surface area contributed by atoms with Gasteiger partial charge in [-0.1, -0.05) is 55.0 Å². The Morgan fingerprint density at radius 2 is 1.59 bits per heavy atom. The summed E-state index contributed by atoms with van der Waals surface area (Å²) in [5, 5.41) is 10.5. The molecule has 186 valence electrons. The number of aliphatic hydroxyl groups is 1. The summed E-state index contributed by atoms with van der Waals surface area (Å²) >= 11 is 0. The lowest BCUT2D eigenvalue weighted by atomic mass is 10.0. The molecule has 0 aliphatic rings. The molecule has 2 aromatic carbocycles. The zero-order chi connectivity index (χ0) is 25.1. The summed E-state index contributed by atoms with van der Waals surface area (Å²) in [7, 11) is 0. The largest absolute Gasteiger partial charge is 0.459 e. The summed E-state index contributed by atoms with van der Waals surface area (Å²) in [6.07, 6.45) is 0.306. The lowest BCUT2D eigenvalue weighted by Gasteiger charge is -2.25. The smallest absolute Gasteiger partial charge is 0.338 e. The number of esters is 2. The summed E-state index contributed by atoms with van der Waals surface area (Å²) in [6.45, 7) is 9.53. The Bertz CT molecular complexity index is 916. The maximum atomic E-state index is 12.7. The van der Waals surface area contributed by atoms with Gasteiger partial charge in [-0.05, 0) is 76.1 Å². The molecular weight excluding hydrogens is 432 g/mol. The average molecular weight is 471 g/mol. The van der Waals surface area contributed by atoms with Gasteiger partial charge >= 0.3 is 11.9 Å². The van der Waals surface area contributed by atoms with Crippen LogP contribution in [0.5, 0.6) is 0 Å². The van der Waals surface area contributed by atoms with Gasteiger partial charge in [0.15, 0.2) is 12.2 Å². The lowest BCUT2D eigenvalue weighted by molar-refractivity contribution is -0.185. The van der Waals surface area contributed by atoms with Crippen molar-refractivity contribution in [3.63, 3.8) is 0 Å². The molecule has 0 unspecified atom stereocenters. The van der Waals surface area contributed by atoms with Crippen LogP contribution in [0.3, 0.4) is 0 Å². The van der Waals surface area contributed by atoms with Gasteiger partial charge in [0.05, 0.1) is 0 Å². The second kappa shape index (κ2) is 13.3. The maximum absolute atomic E-state index is 12.7. The van der Waals surface area contributed by atoms with Crippen LogP contribution in [0.4, 0.5) is 0 Å². The molecule has 2 aromatic rings. The number of benzene rings is 2. The first-order chi connectivity index (χ1) is 16.1. The van der Waals surface area contributed by atoms with E-state index in [0.717, 1.165) is 24.8 Å². The van der Waals surface area contributed by atoms with Gasteiger partial charge in [-0.15, -0.1) is 0 Å². The molecule has 0 fully saturated rings. The molecule has 2 atom stereocenters. The van der Waals surface area contributed by atoms with E-state index in [1.165, 1.54) is 16.7 Å². The van der Waals surface area contributed by atoms with Gasteiger partial charge in [0.2, 0.25) is 0 Å². The first-order valence-electron chi connectivity index (χ1n) is 11.9. The van der Waals surface area contributed by atoms with Crippen molar-refractivity contribution in [2.45, 2.75) is 84.7 Å². The minimum atomic E-state index is -1.77. The van der Waals surface area contributed by atoms with Crippen molar-refractivity contribution < 1.29 is 28.9 Å². The lowest BCUT2D eigenvalue weighted by Crippen LogP contribution is -2.45. The molecule has 0 amide bonds.